The number of methoxy groups -OCH3 is 1. The van der Waals surface area contributed by atoms with Crippen molar-refractivity contribution in [3.63, 3.8) is 0 Å². The Morgan fingerprint density at radius 1 is 0.985 bits per heavy atom. The van der Waals surface area contributed by atoms with Gasteiger partial charge < -0.3 is 34.5 Å². The molecule has 1 aromatic carbocycles. The number of ether oxygens (including phenoxy) is 4. The van der Waals surface area contributed by atoms with E-state index in [0.29, 0.717) is 65.8 Å². The molecule has 66 heavy (non-hydrogen) atoms. The summed E-state index contributed by atoms with van der Waals surface area (Å²) in [7, 11) is -2.45. The molecule has 9 rings (SSSR count). The number of sulfonamides is 1. The number of nitrogens with zero attached hydrogens (tertiary/aromatic N) is 3. The lowest BCUT2D eigenvalue weighted by Gasteiger charge is -2.33. The molecule has 4 heterocycles. The summed E-state index contributed by atoms with van der Waals surface area (Å²) in [6.45, 7) is 9.42. The summed E-state index contributed by atoms with van der Waals surface area (Å²) in [6, 6.07) is 8.82. The van der Waals surface area contributed by atoms with Gasteiger partial charge in [0.25, 0.3) is 5.91 Å². The Bertz CT molecular complexity index is 2520. The zero-order chi connectivity index (χ0) is 46.7. The van der Waals surface area contributed by atoms with Crippen molar-refractivity contribution in [1.82, 2.24) is 30.2 Å². The van der Waals surface area contributed by atoms with Crippen molar-refractivity contribution in [3.8, 4) is 28.8 Å². The van der Waals surface area contributed by atoms with Crippen molar-refractivity contribution in [1.29, 1.82) is 0 Å². The first kappa shape index (κ1) is 45.7. The number of aromatic nitrogens is 2. The normalized spacial score (nSPS) is 31.8. The number of rotatable bonds is 11. The molecule has 0 spiro atoms. The van der Waals surface area contributed by atoms with Gasteiger partial charge in [0.05, 0.1) is 30.2 Å². The summed E-state index contributed by atoms with van der Waals surface area (Å²) in [5.74, 6) is -0.0862. The molecule has 4 amide bonds. The van der Waals surface area contributed by atoms with Crippen LogP contribution in [0.25, 0.3) is 22.0 Å². The maximum atomic E-state index is 15.2. The van der Waals surface area contributed by atoms with E-state index in [1.807, 2.05) is 57.2 Å². The standard InChI is InChI=1S/C49H62N6O10S/c1-27(2)63-41-14-11-30(25-50-41)39-22-33-21-35(62-6)12-13-38(33)44(51-39)64-37-23-40-43(56)53-49(46(58)54-66(60,61)48(5)15-16-48)24-34(49)10-8-7-9-28(3)17-29(4)42(45(57)55(40)26-37)52-47(59)65-36-19-31-18-32(31)20-36/h8,10-14,21-22,25,27-29,31-32,34,36-37,40,42H,7,9,15-20,23-24,26H2,1-6H3,(H,52,59)(H,53,56)(H,54,58)/b10-8-/t28-,29-,31-,32+,34?,36?,37-,40+,42+,49-/m1/s1. The van der Waals surface area contributed by atoms with Gasteiger partial charge in [-0.15, -0.1) is 0 Å². The predicted octanol–water partition coefficient (Wildman–Crippen LogP) is 6.22. The molecule has 1 saturated heterocycles. The lowest BCUT2D eigenvalue weighted by molar-refractivity contribution is -0.142. The minimum Gasteiger partial charge on any atom is -0.497 e. The predicted molar refractivity (Wildman–Crippen MR) is 245 cm³/mol. The topological polar surface area (TPSA) is 204 Å². The maximum Gasteiger partial charge on any atom is 0.408 e. The van der Waals surface area contributed by atoms with Crippen molar-refractivity contribution < 1.29 is 46.5 Å². The van der Waals surface area contributed by atoms with Crippen LogP contribution in [-0.2, 0) is 29.1 Å². The number of alkyl carbamates (subject to hydrolysis) is 1. The number of carbonyl (C=O) groups excluding carboxylic acids is 4. The summed E-state index contributed by atoms with van der Waals surface area (Å²) >= 11 is 0. The first-order valence-electron chi connectivity index (χ1n) is 23.6. The van der Waals surface area contributed by atoms with Crippen molar-refractivity contribution in [2.75, 3.05) is 13.7 Å². The average Bonchev–Trinajstić information content (AvgIpc) is 4.23. The molecule has 17 heteroatoms. The number of allylic oxidation sites excluding steroid dienone is 1. The minimum atomic E-state index is -4.03. The van der Waals surface area contributed by atoms with Crippen LogP contribution in [0.4, 0.5) is 4.79 Å². The lowest BCUT2D eigenvalue weighted by Crippen LogP contribution is -2.59. The highest BCUT2D eigenvalue weighted by atomic mass is 32.2. The van der Waals surface area contributed by atoms with Gasteiger partial charge in [0.15, 0.2) is 0 Å². The molecule has 16 nitrogen and oxygen atoms in total. The van der Waals surface area contributed by atoms with Crippen LogP contribution in [0.3, 0.4) is 0 Å². The van der Waals surface area contributed by atoms with Crippen LogP contribution in [0.15, 0.2) is 54.7 Å². The van der Waals surface area contributed by atoms with Gasteiger partial charge in [0.1, 0.15) is 35.6 Å². The zero-order valence-corrected chi connectivity index (χ0v) is 39.4. The van der Waals surface area contributed by atoms with Crippen molar-refractivity contribution in [2.24, 2.45) is 29.6 Å². The van der Waals surface area contributed by atoms with Gasteiger partial charge in [-0.1, -0.05) is 26.0 Å². The van der Waals surface area contributed by atoms with Gasteiger partial charge in [-0.3, -0.25) is 19.1 Å². The number of hydrogen-bond donors (Lipinski definition) is 3. The van der Waals surface area contributed by atoms with Crippen molar-refractivity contribution >= 4 is 44.6 Å². The number of fused-ring (bicyclic) bond motifs is 4. The van der Waals surface area contributed by atoms with E-state index < -0.39 is 68.2 Å². The fraction of sp³-hybridized carbons (Fsp3) is 0.592. The third-order valence-electron chi connectivity index (χ3n) is 14.7. The second-order valence-electron chi connectivity index (χ2n) is 20.3. The molecule has 0 bridgehead atoms. The van der Waals surface area contributed by atoms with Gasteiger partial charge in [0.2, 0.25) is 33.6 Å². The maximum absolute atomic E-state index is 15.2. The molecular weight excluding hydrogens is 865 g/mol. The van der Waals surface area contributed by atoms with Crippen LogP contribution >= 0.6 is 0 Å². The SMILES string of the molecule is COc1ccc2c(O[C@@H]3C[C@H]4C(=O)N[C@]5(C(=O)NS(=O)(=O)C6(C)CC6)CC5/C=C\CC[C@@H](C)C[C@@H](C)[C@H](NC(=O)OC5C[C@@H]6C[C@@H]6C5)C(=O)N4C3)nc(-c3ccc(OC(C)C)nc3)cc2c1. The fourth-order valence-corrected chi connectivity index (χ4v) is 11.5. The number of amides is 4. The van der Waals surface area contributed by atoms with E-state index in [1.165, 1.54) is 4.90 Å². The largest absolute Gasteiger partial charge is 0.497 e. The number of hydrogen-bond acceptors (Lipinski definition) is 12. The van der Waals surface area contributed by atoms with Crippen LogP contribution in [0.5, 0.6) is 17.5 Å². The number of benzene rings is 1. The Balaban J connectivity index is 1.05. The Hall–Kier alpha value is -5.45. The first-order valence-corrected chi connectivity index (χ1v) is 25.0. The molecule has 4 saturated carbocycles. The molecular formula is C49H62N6O10S. The summed E-state index contributed by atoms with van der Waals surface area (Å²) in [4.78, 5) is 68.7. The van der Waals surface area contributed by atoms with Gasteiger partial charge in [0, 0.05) is 35.6 Å². The van der Waals surface area contributed by atoms with Crippen molar-refractivity contribution in [2.45, 2.75) is 140 Å². The van der Waals surface area contributed by atoms with Crippen molar-refractivity contribution in [3.05, 3.63) is 54.7 Å². The summed E-state index contributed by atoms with van der Waals surface area (Å²) in [5, 5.41) is 7.31. The zero-order valence-electron chi connectivity index (χ0n) is 38.6. The van der Waals surface area contributed by atoms with E-state index in [-0.39, 0.29) is 49.3 Å². The number of pyridine rings is 2. The molecule has 2 aliphatic heterocycles. The summed E-state index contributed by atoms with van der Waals surface area (Å²) < 4.78 is 52.0. The van der Waals surface area contributed by atoms with Crippen LogP contribution in [0.2, 0.25) is 0 Å². The second kappa shape index (κ2) is 17.6. The van der Waals surface area contributed by atoms with Crippen LogP contribution in [0.1, 0.15) is 98.8 Å². The molecule has 6 aliphatic rings. The summed E-state index contributed by atoms with van der Waals surface area (Å²) in [6.07, 6.45) is 9.68. The lowest BCUT2D eigenvalue weighted by atomic mass is 9.88. The molecule has 2 aromatic heterocycles. The number of carbonyl (C=O) groups is 4. The number of nitrogens with one attached hydrogen (secondary N) is 3. The van der Waals surface area contributed by atoms with E-state index in [1.54, 1.807) is 32.4 Å². The van der Waals surface area contributed by atoms with E-state index >= 15 is 4.79 Å². The third-order valence-corrected chi connectivity index (χ3v) is 16.8. The Morgan fingerprint density at radius 3 is 2.45 bits per heavy atom. The second-order valence-corrected chi connectivity index (χ2v) is 22.5. The first-order chi connectivity index (χ1) is 31.4. The molecule has 5 fully saturated rings. The Kier molecular flexibility index (Phi) is 12.2. The van der Waals surface area contributed by atoms with Gasteiger partial charge >= 0.3 is 6.09 Å². The Morgan fingerprint density at radius 2 is 1.76 bits per heavy atom. The van der Waals surface area contributed by atoms with Crippen LogP contribution < -0.4 is 29.6 Å². The van der Waals surface area contributed by atoms with E-state index in [0.717, 1.165) is 31.1 Å². The molecule has 10 atom stereocenters. The van der Waals surface area contributed by atoms with Crippen LogP contribution in [-0.4, -0.2) is 101 Å². The molecule has 4 aliphatic carbocycles. The fourth-order valence-electron chi connectivity index (χ4n) is 10.2. The minimum absolute atomic E-state index is 0.00526. The van der Waals surface area contributed by atoms with Gasteiger partial charge in [-0.2, -0.15) is 0 Å². The highest BCUT2D eigenvalue weighted by molar-refractivity contribution is 7.91. The monoisotopic (exact) mass is 926 g/mol. The molecule has 0 radical (unpaired) electrons. The summed E-state index contributed by atoms with van der Waals surface area (Å²) in [5.41, 5.74) is -0.309. The highest BCUT2D eigenvalue weighted by Crippen LogP contribution is 2.53. The van der Waals surface area contributed by atoms with Crippen LogP contribution in [0, 0.1) is 29.6 Å². The van der Waals surface area contributed by atoms with Gasteiger partial charge in [-0.25, -0.2) is 23.2 Å². The highest BCUT2D eigenvalue weighted by Gasteiger charge is 2.63. The quantitative estimate of drug-likeness (QED) is 0.184. The average molecular weight is 927 g/mol. The smallest absolute Gasteiger partial charge is 0.408 e. The third kappa shape index (κ3) is 9.41. The molecule has 354 valence electrons. The molecule has 2 unspecified atom stereocenters. The van der Waals surface area contributed by atoms with E-state index in [4.69, 9.17) is 23.9 Å². The van der Waals surface area contributed by atoms with E-state index in [2.05, 4.69) is 27.3 Å². The Labute approximate surface area is 386 Å². The van der Waals surface area contributed by atoms with E-state index in [9.17, 15) is 22.8 Å². The molecule has 3 aromatic rings. The molecule has 3 N–H and O–H groups in total. The van der Waals surface area contributed by atoms with Gasteiger partial charge in [-0.05, 0) is 138 Å².